The minimum absolute atomic E-state index is 0.355. The number of benzene rings is 1. The van der Waals surface area contributed by atoms with Gasteiger partial charge in [0.2, 0.25) is 0 Å². The fourth-order valence-corrected chi connectivity index (χ4v) is 3.60. The molecule has 2 heterocycles. The van der Waals surface area contributed by atoms with Gasteiger partial charge in [-0.05, 0) is 52.2 Å². The van der Waals surface area contributed by atoms with Crippen molar-refractivity contribution in [2.45, 2.75) is 19.5 Å². The summed E-state index contributed by atoms with van der Waals surface area (Å²) in [5.41, 5.74) is 3.48. The van der Waals surface area contributed by atoms with Crippen LogP contribution >= 0.6 is 27.3 Å². The SMILES string of the molecule is CC(NCc1ccc(-c2ccn[nH]2)cc1)c1ccc(Br)s1. The molecule has 0 saturated heterocycles. The molecule has 0 radical (unpaired) electrons. The lowest BCUT2D eigenvalue weighted by atomic mass is 10.1. The van der Waals surface area contributed by atoms with Crippen LogP contribution in [0.3, 0.4) is 0 Å². The molecule has 1 atom stereocenters. The number of hydrogen-bond acceptors (Lipinski definition) is 3. The Morgan fingerprint density at radius 1 is 1.19 bits per heavy atom. The van der Waals surface area contributed by atoms with Crippen LogP contribution in [0.15, 0.2) is 52.4 Å². The van der Waals surface area contributed by atoms with E-state index in [1.54, 1.807) is 17.5 Å². The molecule has 0 amide bonds. The van der Waals surface area contributed by atoms with Crippen molar-refractivity contribution in [1.82, 2.24) is 15.5 Å². The fourth-order valence-electron chi connectivity index (χ4n) is 2.15. The van der Waals surface area contributed by atoms with Gasteiger partial charge < -0.3 is 5.32 Å². The van der Waals surface area contributed by atoms with Crippen LogP contribution in [0.5, 0.6) is 0 Å². The van der Waals surface area contributed by atoms with Crippen LogP contribution in [-0.4, -0.2) is 10.2 Å². The van der Waals surface area contributed by atoms with Crippen LogP contribution in [0.1, 0.15) is 23.4 Å². The summed E-state index contributed by atoms with van der Waals surface area (Å²) in [5.74, 6) is 0. The van der Waals surface area contributed by atoms with Crippen molar-refractivity contribution in [1.29, 1.82) is 0 Å². The first-order valence-electron chi connectivity index (χ1n) is 6.79. The minimum Gasteiger partial charge on any atom is -0.305 e. The lowest BCUT2D eigenvalue weighted by molar-refractivity contribution is 0.583. The molecule has 108 valence electrons. The first-order valence-corrected chi connectivity index (χ1v) is 8.40. The second-order valence-corrected chi connectivity index (χ2v) is 7.41. The van der Waals surface area contributed by atoms with E-state index < -0.39 is 0 Å². The summed E-state index contributed by atoms with van der Waals surface area (Å²) < 4.78 is 1.18. The average Bonchev–Trinajstić information content (AvgIpc) is 3.16. The summed E-state index contributed by atoms with van der Waals surface area (Å²) in [6.45, 7) is 3.05. The van der Waals surface area contributed by atoms with Gasteiger partial charge in [-0.2, -0.15) is 5.10 Å². The quantitative estimate of drug-likeness (QED) is 0.688. The molecule has 1 aromatic carbocycles. The Labute approximate surface area is 136 Å². The topological polar surface area (TPSA) is 40.7 Å². The number of hydrogen-bond donors (Lipinski definition) is 2. The highest BCUT2D eigenvalue weighted by Gasteiger charge is 2.07. The maximum Gasteiger partial charge on any atom is 0.0701 e. The van der Waals surface area contributed by atoms with E-state index in [4.69, 9.17) is 0 Å². The van der Waals surface area contributed by atoms with Crippen LogP contribution in [0.2, 0.25) is 0 Å². The Bertz CT molecular complexity index is 689. The van der Waals surface area contributed by atoms with Crippen LogP contribution < -0.4 is 5.32 Å². The number of rotatable bonds is 5. The number of aromatic amines is 1. The third-order valence-electron chi connectivity index (χ3n) is 3.40. The lowest BCUT2D eigenvalue weighted by Crippen LogP contribution is -2.17. The molecule has 21 heavy (non-hydrogen) atoms. The van der Waals surface area contributed by atoms with E-state index in [1.807, 2.05) is 6.07 Å². The van der Waals surface area contributed by atoms with Crippen LogP contribution in [0.25, 0.3) is 11.3 Å². The monoisotopic (exact) mass is 361 g/mol. The number of H-pyrrole nitrogens is 1. The van der Waals surface area contributed by atoms with E-state index in [0.717, 1.165) is 17.8 Å². The maximum atomic E-state index is 3.98. The molecule has 2 N–H and O–H groups in total. The van der Waals surface area contributed by atoms with Crippen molar-refractivity contribution in [3.8, 4) is 11.3 Å². The molecule has 0 aliphatic carbocycles. The van der Waals surface area contributed by atoms with Gasteiger partial charge >= 0.3 is 0 Å². The number of nitrogens with one attached hydrogen (secondary N) is 2. The molecule has 5 heteroatoms. The van der Waals surface area contributed by atoms with Crippen LogP contribution in [-0.2, 0) is 6.54 Å². The smallest absolute Gasteiger partial charge is 0.0701 e. The molecule has 1 unspecified atom stereocenters. The molecular weight excluding hydrogens is 346 g/mol. The summed E-state index contributed by atoms with van der Waals surface area (Å²) in [6, 6.07) is 15.1. The Balaban J connectivity index is 1.61. The molecule has 3 nitrogen and oxygen atoms in total. The molecule has 3 rings (SSSR count). The van der Waals surface area contributed by atoms with Crippen molar-refractivity contribution in [2.24, 2.45) is 0 Å². The van der Waals surface area contributed by atoms with Gasteiger partial charge in [0.15, 0.2) is 0 Å². The Hall–Kier alpha value is -1.43. The lowest BCUT2D eigenvalue weighted by Gasteiger charge is -2.12. The predicted molar refractivity (Wildman–Crippen MR) is 91.3 cm³/mol. The highest BCUT2D eigenvalue weighted by atomic mass is 79.9. The highest BCUT2D eigenvalue weighted by molar-refractivity contribution is 9.11. The van der Waals surface area contributed by atoms with Gasteiger partial charge in [-0.1, -0.05) is 24.3 Å². The Morgan fingerprint density at radius 2 is 2.00 bits per heavy atom. The van der Waals surface area contributed by atoms with Crippen LogP contribution in [0, 0.1) is 0 Å². The first kappa shape index (κ1) is 14.5. The third-order valence-corrected chi connectivity index (χ3v) is 5.21. The molecule has 0 spiro atoms. The predicted octanol–water partition coefficient (Wildman–Crippen LogP) is 4.75. The number of aromatic nitrogens is 2. The fraction of sp³-hybridized carbons (Fsp3) is 0.188. The zero-order valence-corrected chi connectivity index (χ0v) is 14.0. The zero-order chi connectivity index (χ0) is 14.7. The van der Waals surface area contributed by atoms with Crippen molar-refractivity contribution < 1.29 is 0 Å². The summed E-state index contributed by atoms with van der Waals surface area (Å²) in [7, 11) is 0. The third kappa shape index (κ3) is 3.61. The van der Waals surface area contributed by atoms with Crippen LogP contribution in [0.4, 0.5) is 0 Å². The second kappa shape index (κ2) is 6.56. The van der Waals surface area contributed by atoms with Gasteiger partial charge in [-0.3, -0.25) is 5.10 Å². The Kier molecular flexibility index (Phi) is 4.53. The van der Waals surface area contributed by atoms with Crippen molar-refractivity contribution in [2.75, 3.05) is 0 Å². The van der Waals surface area contributed by atoms with Crippen molar-refractivity contribution >= 4 is 27.3 Å². The molecule has 0 aliphatic rings. The van der Waals surface area contributed by atoms with Crippen molar-refractivity contribution in [3.05, 3.63) is 62.9 Å². The molecule has 0 saturated carbocycles. The van der Waals surface area contributed by atoms with E-state index in [1.165, 1.54) is 14.2 Å². The molecule has 2 aromatic heterocycles. The largest absolute Gasteiger partial charge is 0.305 e. The number of halogens is 1. The van der Waals surface area contributed by atoms with Gasteiger partial charge in [0.1, 0.15) is 0 Å². The van der Waals surface area contributed by atoms with E-state index in [0.29, 0.717) is 6.04 Å². The zero-order valence-electron chi connectivity index (χ0n) is 11.6. The van der Waals surface area contributed by atoms with E-state index in [-0.39, 0.29) is 0 Å². The summed E-state index contributed by atoms with van der Waals surface area (Å²) >= 11 is 5.28. The molecule has 0 bridgehead atoms. The van der Waals surface area contributed by atoms with Gasteiger partial charge in [0, 0.05) is 23.7 Å². The van der Waals surface area contributed by atoms with Crippen molar-refractivity contribution in [3.63, 3.8) is 0 Å². The summed E-state index contributed by atoms with van der Waals surface area (Å²) in [4.78, 5) is 1.34. The van der Waals surface area contributed by atoms with Gasteiger partial charge in [0.05, 0.1) is 9.48 Å². The highest BCUT2D eigenvalue weighted by Crippen LogP contribution is 2.27. The first-order chi connectivity index (χ1) is 10.2. The Morgan fingerprint density at radius 3 is 2.62 bits per heavy atom. The average molecular weight is 362 g/mol. The number of thiophene rings is 1. The van der Waals surface area contributed by atoms with E-state index >= 15 is 0 Å². The molecule has 0 aliphatic heterocycles. The van der Waals surface area contributed by atoms with Gasteiger partial charge in [-0.25, -0.2) is 0 Å². The number of nitrogens with zero attached hydrogens (tertiary/aromatic N) is 1. The standard InChI is InChI=1S/C16H16BrN3S/c1-11(15-6-7-16(17)21-15)18-10-12-2-4-13(5-3-12)14-8-9-19-20-14/h2-9,11,18H,10H2,1H3,(H,19,20). The molecular formula is C16H16BrN3S. The summed E-state index contributed by atoms with van der Waals surface area (Å²) in [5, 5.41) is 10.5. The van der Waals surface area contributed by atoms with Gasteiger partial charge in [-0.15, -0.1) is 11.3 Å². The summed E-state index contributed by atoms with van der Waals surface area (Å²) in [6.07, 6.45) is 1.77. The molecule has 0 fully saturated rings. The second-order valence-electron chi connectivity index (χ2n) is 4.91. The maximum absolute atomic E-state index is 3.98. The molecule has 3 aromatic rings. The normalized spacial score (nSPS) is 12.5. The minimum atomic E-state index is 0.355. The van der Waals surface area contributed by atoms with Gasteiger partial charge in [0.25, 0.3) is 0 Å². The van der Waals surface area contributed by atoms with E-state index in [9.17, 15) is 0 Å². The van der Waals surface area contributed by atoms with E-state index in [2.05, 4.69) is 74.8 Å².